The van der Waals surface area contributed by atoms with Gasteiger partial charge in [0.1, 0.15) is 0 Å². The Kier molecular flexibility index (Phi) is 3.99. The van der Waals surface area contributed by atoms with Crippen LogP contribution in [0.15, 0.2) is 24.3 Å². The van der Waals surface area contributed by atoms with E-state index in [1.165, 1.54) is 30.5 Å². The van der Waals surface area contributed by atoms with E-state index in [-0.39, 0.29) is 6.29 Å². The molecule has 3 heteroatoms. The van der Waals surface area contributed by atoms with E-state index >= 15 is 0 Å². The van der Waals surface area contributed by atoms with Crippen molar-refractivity contribution >= 4 is 5.69 Å². The Morgan fingerprint density at radius 3 is 2.50 bits per heavy atom. The highest BCUT2D eigenvalue weighted by atomic mass is 16.7. The lowest BCUT2D eigenvalue weighted by molar-refractivity contribution is -0.129. The number of ether oxygens (including phenoxy) is 2. The average molecular weight is 275 g/mol. The van der Waals surface area contributed by atoms with Gasteiger partial charge in [-0.3, -0.25) is 0 Å². The predicted octanol–water partition coefficient (Wildman–Crippen LogP) is 3.23. The van der Waals surface area contributed by atoms with E-state index < -0.39 is 0 Å². The van der Waals surface area contributed by atoms with E-state index in [0.717, 1.165) is 13.1 Å². The molecule has 0 aromatic heterocycles. The molecule has 1 aromatic carbocycles. The molecule has 110 valence electrons. The number of hydrogen-bond acceptors (Lipinski definition) is 3. The Morgan fingerprint density at radius 2 is 1.85 bits per heavy atom. The van der Waals surface area contributed by atoms with Crippen LogP contribution in [0.4, 0.5) is 5.69 Å². The van der Waals surface area contributed by atoms with Crippen LogP contribution in [0.25, 0.3) is 0 Å². The van der Waals surface area contributed by atoms with Crippen molar-refractivity contribution in [1.29, 1.82) is 0 Å². The lowest BCUT2D eigenvalue weighted by Gasteiger charge is -2.38. The second kappa shape index (κ2) is 5.74. The van der Waals surface area contributed by atoms with Gasteiger partial charge in [-0.25, -0.2) is 0 Å². The zero-order valence-electron chi connectivity index (χ0n) is 12.6. The van der Waals surface area contributed by atoms with Crippen LogP contribution in [-0.2, 0) is 15.9 Å². The predicted molar refractivity (Wildman–Crippen MR) is 81.1 cm³/mol. The van der Waals surface area contributed by atoms with Gasteiger partial charge in [-0.1, -0.05) is 18.2 Å². The summed E-state index contributed by atoms with van der Waals surface area (Å²) >= 11 is 0. The SMILES string of the molecule is CCOC(CN1CC2(CC2)Cc2ccccc21)OCC. The zero-order chi connectivity index (χ0) is 14.0. The highest BCUT2D eigenvalue weighted by molar-refractivity contribution is 5.57. The van der Waals surface area contributed by atoms with E-state index in [2.05, 4.69) is 29.2 Å². The van der Waals surface area contributed by atoms with Gasteiger partial charge in [-0.05, 0) is 50.2 Å². The summed E-state index contributed by atoms with van der Waals surface area (Å²) in [5.41, 5.74) is 3.40. The summed E-state index contributed by atoms with van der Waals surface area (Å²) in [5.74, 6) is 0. The van der Waals surface area contributed by atoms with E-state index in [0.29, 0.717) is 18.6 Å². The molecule has 0 amide bonds. The maximum absolute atomic E-state index is 5.72. The van der Waals surface area contributed by atoms with Crippen molar-refractivity contribution in [3.8, 4) is 0 Å². The first-order chi connectivity index (χ1) is 9.76. The summed E-state index contributed by atoms with van der Waals surface area (Å²) in [5, 5.41) is 0. The van der Waals surface area contributed by atoms with Crippen LogP contribution >= 0.6 is 0 Å². The number of anilines is 1. The lowest BCUT2D eigenvalue weighted by atomic mass is 9.90. The monoisotopic (exact) mass is 275 g/mol. The normalized spacial score (nSPS) is 19.4. The van der Waals surface area contributed by atoms with E-state index in [9.17, 15) is 0 Å². The molecule has 1 spiro atoms. The highest BCUT2D eigenvalue weighted by Crippen LogP contribution is 2.53. The Hall–Kier alpha value is -1.06. The standard InChI is InChI=1S/C17H25NO2/c1-3-19-16(20-4-2)12-18-13-17(9-10-17)11-14-7-5-6-8-15(14)18/h5-8,16H,3-4,9-13H2,1-2H3. The minimum atomic E-state index is -0.119. The minimum Gasteiger partial charge on any atom is -0.366 e. The number of benzene rings is 1. The summed E-state index contributed by atoms with van der Waals surface area (Å²) in [4.78, 5) is 2.47. The number of rotatable bonds is 6. The van der Waals surface area contributed by atoms with Crippen LogP contribution in [-0.4, -0.2) is 32.6 Å². The first-order valence-electron chi connectivity index (χ1n) is 7.82. The molecular formula is C17H25NO2. The fourth-order valence-corrected chi connectivity index (χ4v) is 3.30. The van der Waals surface area contributed by atoms with Crippen LogP contribution in [0.1, 0.15) is 32.3 Å². The molecule has 0 saturated heterocycles. The third-order valence-corrected chi connectivity index (χ3v) is 4.46. The number of fused-ring (bicyclic) bond motifs is 1. The highest BCUT2D eigenvalue weighted by Gasteiger charge is 2.47. The number of para-hydroxylation sites is 1. The van der Waals surface area contributed by atoms with Crippen molar-refractivity contribution in [1.82, 2.24) is 0 Å². The van der Waals surface area contributed by atoms with Crippen molar-refractivity contribution in [2.24, 2.45) is 5.41 Å². The van der Waals surface area contributed by atoms with Crippen LogP contribution in [0.5, 0.6) is 0 Å². The van der Waals surface area contributed by atoms with Gasteiger partial charge in [0.05, 0.1) is 6.54 Å². The third kappa shape index (κ3) is 2.84. The summed E-state index contributed by atoms with van der Waals surface area (Å²) < 4.78 is 11.4. The fourth-order valence-electron chi connectivity index (χ4n) is 3.30. The topological polar surface area (TPSA) is 21.7 Å². The Morgan fingerprint density at radius 1 is 1.15 bits per heavy atom. The zero-order valence-corrected chi connectivity index (χ0v) is 12.6. The molecule has 1 aromatic rings. The largest absolute Gasteiger partial charge is 0.366 e. The van der Waals surface area contributed by atoms with Gasteiger partial charge in [-0.2, -0.15) is 0 Å². The summed E-state index contributed by atoms with van der Waals surface area (Å²) in [6.07, 6.45) is 3.86. The molecular weight excluding hydrogens is 250 g/mol. The van der Waals surface area contributed by atoms with E-state index in [1.54, 1.807) is 0 Å². The Balaban J connectivity index is 1.77. The summed E-state index contributed by atoms with van der Waals surface area (Å²) in [6, 6.07) is 8.80. The van der Waals surface area contributed by atoms with Crippen LogP contribution in [0, 0.1) is 5.41 Å². The van der Waals surface area contributed by atoms with Gasteiger partial charge >= 0.3 is 0 Å². The Bertz CT molecular complexity index is 450. The van der Waals surface area contributed by atoms with Crippen molar-refractivity contribution < 1.29 is 9.47 Å². The molecule has 0 bridgehead atoms. The molecule has 0 N–H and O–H groups in total. The lowest BCUT2D eigenvalue weighted by Crippen LogP contribution is -2.42. The maximum atomic E-state index is 5.72. The molecule has 1 saturated carbocycles. The molecule has 1 aliphatic heterocycles. The van der Waals surface area contributed by atoms with Crippen molar-refractivity contribution in [2.45, 2.75) is 39.4 Å². The van der Waals surface area contributed by atoms with Crippen molar-refractivity contribution in [3.05, 3.63) is 29.8 Å². The molecule has 20 heavy (non-hydrogen) atoms. The molecule has 3 rings (SSSR count). The van der Waals surface area contributed by atoms with Gasteiger partial charge in [-0.15, -0.1) is 0 Å². The summed E-state index contributed by atoms with van der Waals surface area (Å²) in [7, 11) is 0. The first kappa shape index (κ1) is 13.9. The average Bonchev–Trinajstić information content (AvgIpc) is 3.18. The molecule has 1 heterocycles. The molecule has 1 aliphatic carbocycles. The number of nitrogens with zero attached hydrogens (tertiary/aromatic N) is 1. The molecule has 0 radical (unpaired) electrons. The molecule has 0 atom stereocenters. The van der Waals surface area contributed by atoms with Crippen molar-refractivity contribution in [2.75, 3.05) is 31.2 Å². The van der Waals surface area contributed by atoms with Crippen LogP contribution < -0.4 is 4.90 Å². The fraction of sp³-hybridized carbons (Fsp3) is 0.647. The first-order valence-corrected chi connectivity index (χ1v) is 7.82. The van der Waals surface area contributed by atoms with Crippen LogP contribution in [0.3, 0.4) is 0 Å². The van der Waals surface area contributed by atoms with E-state index in [1.807, 2.05) is 13.8 Å². The Labute approximate surface area is 121 Å². The van der Waals surface area contributed by atoms with E-state index in [4.69, 9.17) is 9.47 Å². The molecule has 1 fully saturated rings. The minimum absolute atomic E-state index is 0.119. The van der Waals surface area contributed by atoms with Gasteiger partial charge in [0.25, 0.3) is 0 Å². The quantitative estimate of drug-likeness (QED) is 0.744. The van der Waals surface area contributed by atoms with Gasteiger partial charge in [0.15, 0.2) is 6.29 Å². The smallest absolute Gasteiger partial charge is 0.174 e. The number of hydrogen-bond donors (Lipinski definition) is 0. The van der Waals surface area contributed by atoms with Gasteiger partial charge in [0, 0.05) is 25.4 Å². The van der Waals surface area contributed by atoms with Crippen molar-refractivity contribution in [3.63, 3.8) is 0 Å². The third-order valence-electron chi connectivity index (χ3n) is 4.46. The van der Waals surface area contributed by atoms with Gasteiger partial charge in [0.2, 0.25) is 0 Å². The summed E-state index contributed by atoms with van der Waals surface area (Å²) in [6.45, 7) is 7.44. The van der Waals surface area contributed by atoms with Gasteiger partial charge < -0.3 is 14.4 Å². The van der Waals surface area contributed by atoms with Crippen LogP contribution in [0.2, 0.25) is 0 Å². The molecule has 2 aliphatic rings. The second-order valence-electron chi connectivity index (χ2n) is 6.03. The molecule has 3 nitrogen and oxygen atoms in total. The maximum Gasteiger partial charge on any atom is 0.174 e. The second-order valence-corrected chi connectivity index (χ2v) is 6.03. The molecule has 0 unspecified atom stereocenters.